The summed E-state index contributed by atoms with van der Waals surface area (Å²) < 4.78 is 79.5. The van der Waals surface area contributed by atoms with Gasteiger partial charge in [0.15, 0.2) is 69.0 Å². The van der Waals surface area contributed by atoms with Crippen LogP contribution in [0.5, 0.6) is 69.0 Å². The van der Waals surface area contributed by atoms with Gasteiger partial charge in [-0.1, -0.05) is 91.0 Å². The molecule has 9 aromatic rings. The second-order valence-corrected chi connectivity index (χ2v) is 21.5. The molecule has 0 atom stereocenters. The molecule has 0 amide bonds. The quantitative estimate of drug-likeness (QED) is 0.116. The maximum absolute atomic E-state index is 6.85. The van der Waals surface area contributed by atoms with Gasteiger partial charge >= 0.3 is 0 Å². The summed E-state index contributed by atoms with van der Waals surface area (Å²) in [7, 11) is 5.04. The summed E-state index contributed by atoms with van der Waals surface area (Å²) in [5, 5.41) is 0. The lowest BCUT2D eigenvalue weighted by Crippen LogP contribution is -2.13. The second-order valence-electron chi connectivity index (χ2n) is 21.5. The lowest BCUT2D eigenvalue weighted by molar-refractivity contribution is 0.200. The van der Waals surface area contributed by atoms with Gasteiger partial charge in [-0.05, 0) is 195 Å². The summed E-state index contributed by atoms with van der Waals surface area (Å²) in [6.07, 6.45) is 3.37. The molecule has 0 radical (unpaired) electrons. The van der Waals surface area contributed by atoms with Crippen LogP contribution < -0.4 is 56.8 Å². The Morgan fingerprint density at radius 3 is 0.655 bits per heavy atom. The van der Waals surface area contributed by atoms with Gasteiger partial charge in [-0.3, -0.25) is 0 Å². The van der Waals surface area contributed by atoms with Crippen molar-refractivity contribution in [3.8, 4) is 69.0 Å². The third-order valence-corrected chi connectivity index (χ3v) is 16.0. The van der Waals surface area contributed by atoms with Crippen LogP contribution in [0.3, 0.4) is 0 Å². The van der Waals surface area contributed by atoms with Crippen molar-refractivity contribution in [2.75, 3.05) is 61.0 Å². The molecular formula is C72H66O12. The van der Waals surface area contributed by atoms with Crippen LogP contribution in [0.1, 0.15) is 83.5 Å². The van der Waals surface area contributed by atoms with E-state index in [2.05, 4.69) is 109 Å². The van der Waals surface area contributed by atoms with Crippen molar-refractivity contribution in [3.05, 3.63) is 247 Å². The van der Waals surface area contributed by atoms with Crippen molar-refractivity contribution >= 4 is 0 Å². The summed E-state index contributed by atoms with van der Waals surface area (Å²) in [5.41, 5.74) is 15.9. The Labute approximate surface area is 490 Å². The van der Waals surface area contributed by atoms with E-state index in [1.807, 2.05) is 54.6 Å². The van der Waals surface area contributed by atoms with E-state index in [0.29, 0.717) is 127 Å². The van der Waals surface area contributed by atoms with Crippen LogP contribution in [-0.4, -0.2) is 61.0 Å². The summed E-state index contributed by atoms with van der Waals surface area (Å²) in [6.45, 7) is 2.31. The van der Waals surface area contributed by atoms with Crippen LogP contribution in [0.4, 0.5) is 0 Å². The fourth-order valence-corrected chi connectivity index (χ4v) is 11.7. The highest BCUT2D eigenvalue weighted by Gasteiger charge is 2.27. The molecule has 12 nitrogen and oxygen atoms in total. The van der Waals surface area contributed by atoms with Crippen molar-refractivity contribution in [1.82, 2.24) is 0 Å². The fourth-order valence-electron chi connectivity index (χ4n) is 11.7. The molecule has 9 aromatic carbocycles. The standard InChI is InChI=1S/C72H66O12/c1-73-61-31-49-25-53-35-65-63(75-3)33-51(53)27-54-36-66-62(74-2)32-50(54)26-52(49)34-64(61)76-19-22-79-67-37-55-28-59-41-71(83-44-47-15-9-5-10-16-47)69(81-24-21-78-66)39-57(59)30-60-42-72(84-45-48-17-11-6-12-18-48)68(80-23-20-77-65)38-56(60)29-58(55)40-70(67)82-43-46-13-7-4-8-14-46/h4-18,31-42H,19-30,43-45H2,1-3H3. The Bertz CT molecular complexity index is 3430. The average Bonchev–Trinajstić information content (AvgIpc) is 3.44. The lowest BCUT2D eigenvalue weighted by atomic mass is 9.94. The van der Waals surface area contributed by atoms with E-state index in [-0.39, 0.29) is 39.6 Å². The van der Waals surface area contributed by atoms with Gasteiger partial charge in [0.2, 0.25) is 0 Å². The molecule has 84 heavy (non-hydrogen) atoms. The highest BCUT2D eigenvalue weighted by atomic mass is 16.6. The first-order valence-electron chi connectivity index (χ1n) is 28.7. The molecule has 2 aliphatic carbocycles. The molecule has 12 heteroatoms. The molecule has 12 aliphatic heterocycles. The van der Waals surface area contributed by atoms with Crippen LogP contribution in [-0.2, 0) is 58.3 Å². The van der Waals surface area contributed by atoms with Crippen LogP contribution in [0.15, 0.2) is 164 Å². The van der Waals surface area contributed by atoms with Crippen molar-refractivity contribution in [2.24, 2.45) is 0 Å². The van der Waals surface area contributed by atoms with E-state index >= 15 is 0 Å². The molecule has 18 bridgehead atoms. The second kappa shape index (κ2) is 24.6. The average molecular weight is 1120 g/mol. The molecule has 12 heterocycles. The Morgan fingerprint density at radius 1 is 0.250 bits per heavy atom. The number of rotatable bonds is 12. The van der Waals surface area contributed by atoms with E-state index < -0.39 is 0 Å². The molecule has 0 aromatic heterocycles. The normalized spacial score (nSPS) is 14.0. The molecule has 0 fully saturated rings. The van der Waals surface area contributed by atoms with Gasteiger partial charge in [0.25, 0.3) is 0 Å². The van der Waals surface area contributed by atoms with Crippen molar-refractivity contribution in [1.29, 1.82) is 0 Å². The Balaban J connectivity index is 1.02. The van der Waals surface area contributed by atoms with E-state index in [1.54, 1.807) is 21.3 Å². The summed E-state index contributed by atoms with van der Waals surface area (Å²) >= 11 is 0. The van der Waals surface area contributed by atoms with Gasteiger partial charge in [0.1, 0.15) is 59.5 Å². The summed E-state index contributed by atoms with van der Waals surface area (Å²) in [6, 6.07) is 56.0. The first-order chi connectivity index (χ1) is 41.4. The molecule has 14 aliphatic rings. The maximum Gasteiger partial charge on any atom is 0.161 e. The third-order valence-electron chi connectivity index (χ3n) is 16.0. The topological polar surface area (TPSA) is 111 Å². The van der Waals surface area contributed by atoms with E-state index in [9.17, 15) is 0 Å². The smallest absolute Gasteiger partial charge is 0.161 e. The van der Waals surface area contributed by atoms with Gasteiger partial charge < -0.3 is 56.8 Å². The van der Waals surface area contributed by atoms with Crippen molar-refractivity contribution < 1.29 is 56.8 Å². The van der Waals surface area contributed by atoms with Gasteiger partial charge in [0.05, 0.1) is 21.3 Å². The number of methoxy groups -OCH3 is 3. The van der Waals surface area contributed by atoms with Gasteiger partial charge in [0, 0.05) is 0 Å². The Morgan fingerprint density at radius 2 is 0.440 bits per heavy atom. The van der Waals surface area contributed by atoms with Crippen LogP contribution in [0.2, 0.25) is 0 Å². The van der Waals surface area contributed by atoms with Crippen LogP contribution in [0, 0.1) is 0 Å². The number of hydrogen-bond donors (Lipinski definition) is 0. The van der Waals surface area contributed by atoms with Crippen molar-refractivity contribution in [2.45, 2.75) is 58.3 Å². The third kappa shape index (κ3) is 11.9. The SMILES string of the molecule is COc1cc2c3cc1OCCOc1cc4c(cc1OCc1ccccc1)Cc1cc5c(OCc6ccccc6)cc1Cc1cc(c(OCc6ccccc6)cc1C4)OCCOc1cc(c(cc1OC)C3)Cc1cc(OC)c(cc1C2)OCCO5. The predicted octanol–water partition coefficient (Wildman–Crippen LogP) is 13.6. The molecule has 0 saturated heterocycles. The molecule has 0 N–H and O–H groups in total. The highest BCUT2D eigenvalue weighted by Crippen LogP contribution is 2.45. The lowest BCUT2D eigenvalue weighted by Gasteiger charge is -2.21. The molecule has 0 spiro atoms. The summed E-state index contributed by atoms with van der Waals surface area (Å²) in [4.78, 5) is 0. The minimum absolute atomic E-state index is 0.214. The monoisotopic (exact) mass is 1120 g/mol. The van der Waals surface area contributed by atoms with Crippen LogP contribution in [0.25, 0.3) is 0 Å². The fraction of sp³-hybridized carbons (Fsp3) is 0.250. The van der Waals surface area contributed by atoms with E-state index in [0.717, 1.165) is 83.5 Å². The largest absolute Gasteiger partial charge is 0.493 e. The summed E-state index contributed by atoms with van der Waals surface area (Å²) in [5.74, 6) is 7.35. The van der Waals surface area contributed by atoms with E-state index in [1.165, 1.54) is 0 Å². The molecule has 0 saturated carbocycles. The van der Waals surface area contributed by atoms with Crippen molar-refractivity contribution in [3.63, 3.8) is 0 Å². The number of ether oxygens (including phenoxy) is 12. The molecule has 426 valence electrons. The zero-order valence-electron chi connectivity index (χ0n) is 47.6. The number of benzene rings is 9. The molecule has 0 unspecified atom stereocenters. The van der Waals surface area contributed by atoms with Gasteiger partial charge in [-0.25, -0.2) is 0 Å². The minimum Gasteiger partial charge on any atom is -0.493 e. The Kier molecular flexibility index (Phi) is 15.8. The highest BCUT2D eigenvalue weighted by molar-refractivity contribution is 5.61. The predicted molar refractivity (Wildman–Crippen MR) is 320 cm³/mol. The zero-order chi connectivity index (χ0) is 56.8. The minimum atomic E-state index is 0.214. The molecule has 23 rings (SSSR count). The molecular weight excluding hydrogens is 1060 g/mol. The maximum atomic E-state index is 6.85. The van der Waals surface area contributed by atoms with Gasteiger partial charge in [-0.2, -0.15) is 0 Å². The van der Waals surface area contributed by atoms with Crippen LogP contribution >= 0.6 is 0 Å². The van der Waals surface area contributed by atoms with Gasteiger partial charge in [-0.15, -0.1) is 0 Å². The number of hydrogen-bond acceptors (Lipinski definition) is 12. The first-order valence-corrected chi connectivity index (χ1v) is 28.7. The van der Waals surface area contributed by atoms with E-state index in [4.69, 9.17) is 56.8 Å². The zero-order valence-corrected chi connectivity index (χ0v) is 47.6. The first kappa shape index (κ1) is 53.9. The Hall–Kier alpha value is -9.42.